The van der Waals surface area contributed by atoms with Gasteiger partial charge < -0.3 is 29.4 Å². The zero-order valence-electron chi connectivity index (χ0n) is 4.39. The Balaban J connectivity index is -0.000000107. The molecule has 0 aromatic carbocycles. The maximum atomic E-state index is 8.88. The molecule has 11 heavy (non-hydrogen) atoms. The summed E-state index contributed by atoms with van der Waals surface area (Å²) in [5.74, 6) is 0. The molecule has 0 saturated heterocycles. The molecule has 0 aromatic rings. The van der Waals surface area contributed by atoms with Gasteiger partial charge in [0.05, 0.1) is 0 Å². The summed E-state index contributed by atoms with van der Waals surface area (Å²) < 4.78 is 17.8. The SMILES string of the molecule is O=P(O)(O)O.O=P(O)(O)O.[MgH2]. The third-order valence-corrected chi connectivity index (χ3v) is 0. The van der Waals surface area contributed by atoms with Crippen LogP contribution < -0.4 is 0 Å². The lowest BCUT2D eigenvalue weighted by Crippen LogP contribution is -1.66. The van der Waals surface area contributed by atoms with E-state index in [0.29, 0.717) is 0 Å². The second-order valence-corrected chi connectivity index (χ2v) is 3.08. The van der Waals surface area contributed by atoms with Crippen LogP contribution in [0.25, 0.3) is 0 Å². The van der Waals surface area contributed by atoms with Crippen LogP contribution in [0, 0.1) is 0 Å². The Morgan fingerprint density at radius 2 is 0.636 bits per heavy atom. The quantitative estimate of drug-likeness (QED) is 0.190. The molecule has 0 atom stereocenters. The average molecular weight is 222 g/mol. The van der Waals surface area contributed by atoms with Gasteiger partial charge in [0.1, 0.15) is 0 Å². The van der Waals surface area contributed by atoms with E-state index in [-0.39, 0.29) is 23.1 Å². The third kappa shape index (κ3) is 912. The molecule has 8 nitrogen and oxygen atoms in total. The summed E-state index contributed by atoms with van der Waals surface area (Å²) in [7, 11) is -9.28. The normalized spacial score (nSPS) is 10.7. The zero-order chi connectivity index (χ0) is 9.00. The van der Waals surface area contributed by atoms with Gasteiger partial charge in [-0.3, -0.25) is 0 Å². The fourth-order valence-electron chi connectivity index (χ4n) is 0. The van der Waals surface area contributed by atoms with Crippen molar-refractivity contribution in [3.63, 3.8) is 0 Å². The Bertz CT molecular complexity index is 124. The molecule has 68 valence electrons. The molecule has 0 aliphatic rings. The standard InChI is InChI=1S/Mg.2H3O4P.2H/c;2*1-5(2,3)4;;/h;2*(H3,1,2,3,4);;. The van der Waals surface area contributed by atoms with E-state index in [1.165, 1.54) is 0 Å². The van der Waals surface area contributed by atoms with E-state index in [4.69, 9.17) is 38.5 Å². The van der Waals surface area contributed by atoms with Crippen LogP contribution in [0.15, 0.2) is 0 Å². The van der Waals surface area contributed by atoms with Crippen LogP contribution in [0.1, 0.15) is 0 Å². The van der Waals surface area contributed by atoms with Crippen LogP contribution in [-0.4, -0.2) is 52.4 Å². The van der Waals surface area contributed by atoms with Crippen LogP contribution in [0.2, 0.25) is 0 Å². The molecule has 0 rings (SSSR count). The Hall–Kier alpha value is 0.986. The summed E-state index contributed by atoms with van der Waals surface area (Å²) in [5.41, 5.74) is 0. The van der Waals surface area contributed by atoms with Crippen molar-refractivity contribution < 1.29 is 38.5 Å². The van der Waals surface area contributed by atoms with Gasteiger partial charge in [-0.05, 0) is 0 Å². The van der Waals surface area contributed by atoms with E-state index in [1.54, 1.807) is 0 Å². The highest BCUT2D eigenvalue weighted by Crippen LogP contribution is 2.26. The van der Waals surface area contributed by atoms with Crippen molar-refractivity contribution in [3.8, 4) is 0 Å². The second kappa shape index (κ2) is 6.50. The van der Waals surface area contributed by atoms with Crippen molar-refractivity contribution in [3.05, 3.63) is 0 Å². The number of rotatable bonds is 0. The lowest BCUT2D eigenvalue weighted by Gasteiger charge is -1.82. The van der Waals surface area contributed by atoms with Crippen LogP contribution in [0.4, 0.5) is 0 Å². The topological polar surface area (TPSA) is 156 Å². The Morgan fingerprint density at radius 3 is 0.636 bits per heavy atom. The second-order valence-electron chi connectivity index (χ2n) is 1.03. The highest BCUT2D eigenvalue weighted by molar-refractivity contribution is 7.45. The van der Waals surface area contributed by atoms with E-state index in [0.717, 1.165) is 0 Å². The molecular weight excluding hydrogens is 214 g/mol. The lowest BCUT2D eigenvalue weighted by atomic mass is 15.8. The van der Waals surface area contributed by atoms with Gasteiger partial charge in [-0.1, -0.05) is 0 Å². The van der Waals surface area contributed by atoms with Gasteiger partial charge in [-0.2, -0.15) is 0 Å². The van der Waals surface area contributed by atoms with Gasteiger partial charge in [-0.25, -0.2) is 9.13 Å². The van der Waals surface area contributed by atoms with Gasteiger partial charge in [0.2, 0.25) is 0 Å². The third-order valence-electron chi connectivity index (χ3n) is 0. The molecule has 0 aliphatic heterocycles. The molecule has 0 saturated carbocycles. The van der Waals surface area contributed by atoms with Gasteiger partial charge in [0, 0.05) is 0 Å². The molecule has 0 radical (unpaired) electrons. The van der Waals surface area contributed by atoms with Crippen molar-refractivity contribution in [2.75, 3.05) is 0 Å². The summed E-state index contributed by atoms with van der Waals surface area (Å²) in [6, 6.07) is 0. The van der Waals surface area contributed by atoms with Gasteiger partial charge in [0.25, 0.3) is 0 Å². The van der Waals surface area contributed by atoms with Crippen molar-refractivity contribution in [1.82, 2.24) is 0 Å². The summed E-state index contributed by atoms with van der Waals surface area (Å²) in [6.45, 7) is 0. The first-order valence-corrected chi connectivity index (χ1v) is 4.70. The fourth-order valence-corrected chi connectivity index (χ4v) is 0. The lowest BCUT2D eigenvalue weighted by molar-refractivity contribution is 0.272. The minimum atomic E-state index is -4.64. The minimum absolute atomic E-state index is 0. The first kappa shape index (κ1) is 17.9. The maximum absolute atomic E-state index is 8.88. The monoisotopic (exact) mass is 222 g/mol. The highest BCUT2D eigenvalue weighted by Gasteiger charge is 2.00. The number of phosphoric acid groups is 2. The molecule has 0 bridgehead atoms. The summed E-state index contributed by atoms with van der Waals surface area (Å²) >= 11 is 0. The van der Waals surface area contributed by atoms with Gasteiger partial charge in [0.15, 0.2) is 0 Å². The van der Waals surface area contributed by atoms with Crippen LogP contribution in [-0.2, 0) is 9.13 Å². The summed E-state index contributed by atoms with van der Waals surface area (Å²) in [5, 5.41) is 0. The summed E-state index contributed by atoms with van der Waals surface area (Å²) in [6.07, 6.45) is 0. The largest absolute Gasteiger partial charge is 0.466 e. The van der Waals surface area contributed by atoms with Gasteiger partial charge in [-0.15, -0.1) is 0 Å². The van der Waals surface area contributed by atoms with Crippen LogP contribution in [0.3, 0.4) is 0 Å². The summed E-state index contributed by atoms with van der Waals surface area (Å²) in [4.78, 5) is 43.1. The van der Waals surface area contributed by atoms with E-state index in [2.05, 4.69) is 0 Å². The maximum Gasteiger partial charge on any atom is 0.466 e. The first-order chi connectivity index (χ1) is 4.00. The van der Waals surface area contributed by atoms with Crippen molar-refractivity contribution in [2.24, 2.45) is 0 Å². The molecule has 0 aromatic heterocycles. The van der Waals surface area contributed by atoms with Crippen molar-refractivity contribution in [1.29, 1.82) is 0 Å². The van der Waals surface area contributed by atoms with Crippen LogP contribution in [0.5, 0.6) is 0 Å². The van der Waals surface area contributed by atoms with E-state index >= 15 is 0 Å². The molecule has 0 spiro atoms. The molecule has 0 fully saturated rings. The van der Waals surface area contributed by atoms with E-state index in [1.807, 2.05) is 0 Å². The molecule has 6 N–H and O–H groups in total. The highest BCUT2D eigenvalue weighted by atomic mass is 31.2. The van der Waals surface area contributed by atoms with Gasteiger partial charge >= 0.3 is 38.7 Å². The molecule has 0 heterocycles. The van der Waals surface area contributed by atoms with Crippen molar-refractivity contribution in [2.45, 2.75) is 0 Å². The smallest absolute Gasteiger partial charge is 0.303 e. The minimum Gasteiger partial charge on any atom is -0.303 e. The predicted octanol–water partition coefficient (Wildman–Crippen LogP) is -2.77. The van der Waals surface area contributed by atoms with E-state index in [9.17, 15) is 0 Å². The zero-order valence-corrected chi connectivity index (χ0v) is 6.18. The number of hydrogen-bond donors (Lipinski definition) is 6. The molecule has 11 heteroatoms. The number of hydrogen-bond acceptors (Lipinski definition) is 2. The van der Waals surface area contributed by atoms with Crippen LogP contribution >= 0.6 is 15.6 Å². The van der Waals surface area contributed by atoms with Crippen molar-refractivity contribution >= 4 is 38.7 Å². The molecule has 0 aliphatic carbocycles. The average Bonchev–Trinajstić information content (AvgIpc) is 1.12. The molecule has 0 amide bonds. The Morgan fingerprint density at radius 1 is 0.636 bits per heavy atom. The fraction of sp³-hybridized carbons (Fsp3) is 0. The molecular formula is H8MgO8P2. The molecule has 0 unspecified atom stereocenters. The van der Waals surface area contributed by atoms with E-state index < -0.39 is 15.6 Å². The Labute approximate surface area is 77.5 Å². The predicted molar refractivity (Wildman–Crippen MR) is 37.1 cm³/mol. The Kier molecular flexibility index (Phi) is 10.6. The first-order valence-electron chi connectivity index (χ1n) is 1.57.